The molecular weight excluding hydrogens is 250 g/mol. The van der Waals surface area contributed by atoms with E-state index in [0.717, 1.165) is 29.3 Å². The van der Waals surface area contributed by atoms with Gasteiger partial charge < -0.3 is 5.32 Å². The van der Waals surface area contributed by atoms with Crippen LogP contribution in [0.25, 0.3) is 0 Å². The maximum atomic E-state index is 12.0. The first-order valence-electron chi connectivity index (χ1n) is 7.83. The summed E-state index contributed by atoms with van der Waals surface area (Å²) in [6.07, 6.45) is 8.42. The summed E-state index contributed by atoms with van der Waals surface area (Å²) in [5.41, 5.74) is 3.30. The number of nitrogens with zero attached hydrogens (tertiary/aromatic N) is 2. The molecule has 1 saturated carbocycles. The third-order valence-corrected chi connectivity index (χ3v) is 4.63. The topological polar surface area (TPSA) is 46.9 Å². The molecule has 0 saturated heterocycles. The summed E-state index contributed by atoms with van der Waals surface area (Å²) in [7, 11) is 1.94. The molecule has 2 rings (SSSR count). The lowest BCUT2D eigenvalue weighted by atomic mass is 9.86. The number of rotatable bonds is 5. The number of carbonyl (C=O) groups is 1. The van der Waals surface area contributed by atoms with Gasteiger partial charge in [-0.05, 0) is 26.2 Å². The van der Waals surface area contributed by atoms with Crippen molar-refractivity contribution in [2.45, 2.75) is 65.3 Å². The summed E-state index contributed by atoms with van der Waals surface area (Å²) in [5.74, 6) is 0.953. The highest BCUT2D eigenvalue weighted by Gasteiger charge is 2.15. The molecule has 0 bridgehead atoms. The van der Waals surface area contributed by atoms with Crippen LogP contribution in [0.15, 0.2) is 0 Å². The highest BCUT2D eigenvalue weighted by molar-refractivity contribution is 5.75. The van der Waals surface area contributed by atoms with Crippen LogP contribution in [0.2, 0.25) is 0 Å². The minimum atomic E-state index is 0.179. The van der Waals surface area contributed by atoms with Gasteiger partial charge in [0.25, 0.3) is 0 Å². The maximum absolute atomic E-state index is 12.0. The molecular formula is C16H27N3O. The molecule has 0 spiro atoms. The number of hydrogen-bond donors (Lipinski definition) is 1. The SMILES string of the molecule is Cc1nn(C)c(C)c1CNC(=O)CCC1CCCCC1. The van der Waals surface area contributed by atoms with Crippen LogP contribution in [0, 0.1) is 19.8 Å². The van der Waals surface area contributed by atoms with Crippen molar-refractivity contribution < 1.29 is 4.79 Å². The first-order chi connectivity index (χ1) is 9.58. The van der Waals surface area contributed by atoms with Crippen molar-refractivity contribution >= 4 is 5.91 Å². The second-order valence-corrected chi connectivity index (χ2v) is 6.09. The summed E-state index contributed by atoms with van der Waals surface area (Å²) in [6.45, 7) is 4.65. The molecule has 0 unspecified atom stereocenters. The van der Waals surface area contributed by atoms with Crippen molar-refractivity contribution in [3.05, 3.63) is 17.0 Å². The molecule has 0 radical (unpaired) electrons. The number of amides is 1. The fraction of sp³-hybridized carbons (Fsp3) is 0.750. The summed E-state index contributed by atoms with van der Waals surface area (Å²) in [5, 5.41) is 7.41. The first kappa shape index (κ1) is 15.1. The van der Waals surface area contributed by atoms with E-state index in [2.05, 4.69) is 10.4 Å². The Kier molecular flexibility index (Phi) is 5.21. The molecule has 1 aromatic heterocycles. The zero-order chi connectivity index (χ0) is 14.5. The molecule has 4 heteroatoms. The molecule has 0 aromatic carbocycles. The van der Waals surface area contributed by atoms with E-state index in [-0.39, 0.29) is 5.91 Å². The fourth-order valence-corrected chi connectivity index (χ4v) is 3.16. The Morgan fingerprint density at radius 3 is 2.60 bits per heavy atom. The third kappa shape index (κ3) is 3.84. The van der Waals surface area contributed by atoms with Gasteiger partial charge in [-0.3, -0.25) is 9.48 Å². The van der Waals surface area contributed by atoms with Crippen molar-refractivity contribution in [1.82, 2.24) is 15.1 Å². The minimum absolute atomic E-state index is 0.179. The van der Waals surface area contributed by atoms with Crippen LogP contribution >= 0.6 is 0 Å². The number of hydrogen-bond acceptors (Lipinski definition) is 2. The molecule has 4 nitrogen and oxygen atoms in total. The normalized spacial score (nSPS) is 16.4. The van der Waals surface area contributed by atoms with E-state index in [1.54, 1.807) is 0 Å². The monoisotopic (exact) mass is 277 g/mol. The van der Waals surface area contributed by atoms with Gasteiger partial charge in [0.1, 0.15) is 0 Å². The van der Waals surface area contributed by atoms with Gasteiger partial charge in [0.15, 0.2) is 0 Å². The molecule has 0 aliphatic heterocycles. The highest BCUT2D eigenvalue weighted by atomic mass is 16.1. The number of aromatic nitrogens is 2. The van der Waals surface area contributed by atoms with Gasteiger partial charge in [0.2, 0.25) is 5.91 Å². The third-order valence-electron chi connectivity index (χ3n) is 4.63. The van der Waals surface area contributed by atoms with Gasteiger partial charge in [-0.2, -0.15) is 5.10 Å². The molecule has 1 aliphatic rings. The number of carbonyl (C=O) groups excluding carboxylic acids is 1. The number of aryl methyl sites for hydroxylation is 2. The largest absolute Gasteiger partial charge is 0.352 e. The van der Waals surface area contributed by atoms with Gasteiger partial charge >= 0.3 is 0 Å². The van der Waals surface area contributed by atoms with Crippen molar-refractivity contribution in [3.63, 3.8) is 0 Å². The van der Waals surface area contributed by atoms with Crippen LogP contribution in [0.3, 0.4) is 0 Å². The fourth-order valence-electron chi connectivity index (χ4n) is 3.16. The van der Waals surface area contributed by atoms with Gasteiger partial charge in [0.05, 0.1) is 5.69 Å². The maximum Gasteiger partial charge on any atom is 0.220 e. The Morgan fingerprint density at radius 1 is 1.30 bits per heavy atom. The van der Waals surface area contributed by atoms with Gasteiger partial charge in [-0.1, -0.05) is 32.1 Å². The van der Waals surface area contributed by atoms with Crippen molar-refractivity contribution in [2.75, 3.05) is 0 Å². The van der Waals surface area contributed by atoms with Crippen LogP contribution < -0.4 is 5.32 Å². The predicted molar refractivity (Wildman–Crippen MR) is 80.3 cm³/mol. The molecule has 1 heterocycles. The van der Waals surface area contributed by atoms with Gasteiger partial charge in [-0.25, -0.2) is 0 Å². The predicted octanol–water partition coefficient (Wildman–Crippen LogP) is 3.01. The molecule has 20 heavy (non-hydrogen) atoms. The summed E-state index contributed by atoms with van der Waals surface area (Å²) in [6, 6.07) is 0. The van der Waals surface area contributed by atoms with Crippen LogP contribution in [0.5, 0.6) is 0 Å². The smallest absolute Gasteiger partial charge is 0.220 e. The molecule has 1 fully saturated rings. The lowest BCUT2D eigenvalue weighted by molar-refractivity contribution is -0.121. The van der Waals surface area contributed by atoms with Crippen LogP contribution in [-0.2, 0) is 18.4 Å². The average molecular weight is 277 g/mol. The molecule has 1 aromatic rings. The average Bonchev–Trinajstić information content (AvgIpc) is 2.69. The number of nitrogens with one attached hydrogen (secondary N) is 1. The van der Waals surface area contributed by atoms with E-state index < -0.39 is 0 Å². The zero-order valence-corrected chi connectivity index (χ0v) is 13.0. The lowest BCUT2D eigenvalue weighted by Gasteiger charge is -2.21. The van der Waals surface area contributed by atoms with Crippen molar-refractivity contribution in [3.8, 4) is 0 Å². The zero-order valence-electron chi connectivity index (χ0n) is 13.0. The summed E-state index contributed by atoms with van der Waals surface area (Å²) < 4.78 is 1.87. The Morgan fingerprint density at radius 2 is 2.00 bits per heavy atom. The molecule has 0 atom stereocenters. The van der Waals surface area contributed by atoms with Gasteiger partial charge in [0, 0.05) is 31.3 Å². The highest BCUT2D eigenvalue weighted by Crippen LogP contribution is 2.27. The Hall–Kier alpha value is -1.32. The van der Waals surface area contributed by atoms with E-state index in [1.807, 2.05) is 25.6 Å². The standard InChI is InChI=1S/C16H27N3O/c1-12-15(13(2)19(3)18-12)11-17-16(20)10-9-14-7-5-4-6-8-14/h14H,4-11H2,1-3H3,(H,17,20). The van der Waals surface area contributed by atoms with E-state index >= 15 is 0 Å². The molecule has 1 N–H and O–H groups in total. The Labute approximate surface area is 121 Å². The lowest BCUT2D eigenvalue weighted by Crippen LogP contribution is -2.24. The summed E-state index contributed by atoms with van der Waals surface area (Å²) >= 11 is 0. The second-order valence-electron chi connectivity index (χ2n) is 6.09. The van der Waals surface area contributed by atoms with E-state index in [1.165, 1.54) is 32.1 Å². The van der Waals surface area contributed by atoms with Crippen molar-refractivity contribution in [1.29, 1.82) is 0 Å². The van der Waals surface area contributed by atoms with Crippen LogP contribution in [0.4, 0.5) is 0 Å². The van der Waals surface area contributed by atoms with E-state index in [0.29, 0.717) is 13.0 Å². The Bertz CT molecular complexity index is 459. The first-order valence-corrected chi connectivity index (χ1v) is 7.83. The quantitative estimate of drug-likeness (QED) is 0.899. The van der Waals surface area contributed by atoms with E-state index in [9.17, 15) is 4.79 Å². The van der Waals surface area contributed by atoms with Crippen molar-refractivity contribution in [2.24, 2.45) is 13.0 Å². The van der Waals surface area contributed by atoms with Crippen LogP contribution in [0.1, 0.15) is 61.9 Å². The van der Waals surface area contributed by atoms with E-state index in [4.69, 9.17) is 0 Å². The summed E-state index contributed by atoms with van der Waals surface area (Å²) in [4.78, 5) is 12.0. The van der Waals surface area contributed by atoms with Crippen LogP contribution in [-0.4, -0.2) is 15.7 Å². The molecule has 1 amide bonds. The second kappa shape index (κ2) is 6.91. The Balaban J connectivity index is 1.74. The molecule has 112 valence electrons. The molecule has 1 aliphatic carbocycles. The van der Waals surface area contributed by atoms with Gasteiger partial charge in [-0.15, -0.1) is 0 Å². The minimum Gasteiger partial charge on any atom is -0.352 e.